The van der Waals surface area contributed by atoms with E-state index in [1.54, 1.807) is 51.1 Å². The van der Waals surface area contributed by atoms with E-state index in [1.807, 2.05) is 30.3 Å². The van der Waals surface area contributed by atoms with E-state index in [4.69, 9.17) is 4.74 Å². The van der Waals surface area contributed by atoms with Gasteiger partial charge in [-0.1, -0.05) is 55.1 Å². The predicted molar refractivity (Wildman–Crippen MR) is 120 cm³/mol. The summed E-state index contributed by atoms with van der Waals surface area (Å²) in [5, 5.41) is 2.57. The highest BCUT2D eigenvalue weighted by molar-refractivity contribution is 7.93. The molecule has 160 valence electrons. The van der Waals surface area contributed by atoms with Crippen molar-refractivity contribution in [2.45, 2.75) is 43.7 Å². The molecule has 2 aromatic carbocycles. The first kappa shape index (κ1) is 23.3. The van der Waals surface area contributed by atoms with Crippen molar-refractivity contribution in [3.63, 3.8) is 0 Å². The summed E-state index contributed by atoms with van der Waals surface area (Å²) >= 11 is 0. The van der Waals surface area contributed by atoms with E-state index in [1.165, 1.54) is 6.26 Å². The predicted octanol–water partition coefficient (Wildman–Crippen LogP) is 4.45. The molecule has 1 N–H and O–H groups in total. The van der Waals surface area contributed by atoms with Crippen LogP contribution in [0.2, 0.25) is 0 Å². The Morgan fingerprint density at radius 2 is 1.73 bits per heavy atom. The van der Waals surface area contributed by atoms with E-state index in [9.17, 15) is 13.8 Å². The molecule has 0 saturated heterocycles. The fraction of sp³-hybridized carbons (Fsp3) is 0.304. The fourth-order valence-electron chi connectivity index (χ4n) is 2.64. The van der Waals surface area contributed by atoms with E-state index >= 15 is 0 Å². The quantitative estimate of drug-likeness (QED) is 0.737. The van der Waals surface area contributed by atoms with Crippen molar-refractivity contribution in [3.8, 4) is 0 Å². The van der Waals surface area contributed by atoms with Crippen LogP contribution in [0, 0.1) is 0 Å². The number of nitrogens with zero attached hydrogens (tertiary/aromatic N) is 1. The van der Waals surface area contributed by atoms with Crippen LogP contribution in [0.3, 0.4) is 0 Å². The Labute approximate surface area is 178 Å². The van der Waals surface area contributed by atoms with Crippen molar-refractivity contribution in [1.29, 1.82) is 0 Å². The largest absolute Gasteiger partial charge is 0.444 e. The molecule has 0 bridgehead atoms. The van der Waals surface area contributed by atoms with Crippen LogP contribution in [-0.2, 0) is 25.7 Å². The van der Waals surface area contributed by atoms with Crippen molar-refractivity contribution >= 4 is 27.8 Å². The van der Waals surface area contributed by atoms with E-state index in [0.717, 1.165) is 11.1 Å². The minimum atomic E-state index is -2.99. The summed E-state index contributed by atoms with van der Waals surface area (Å²) in [6.45, 7) is 8.88. The molecule has 0 aliphatic rings. The molecule has 2 aromatic rings. The lowest BCUT2D eigenvalue weighted by Gasteiger charge is -2.22. The van der Waals surface area contributed by atoms with Crippen LogP contribution in [0.1, 0.15) is 31.9 Å². The first-order valence-corrected chi connectivity index (χ1v) is 11.4. The highest BCUT2D eigenvalue weighted by Crippen LogP contribution is 2.15. The summed E-state index contributed by atoms with van der Waals surface area (Å²) in [6.07, 6.45) is 2.54. The van der Waals surface area contributed by atoms with Gasteiger partial charge in [0.2, 0.25) is 0 Å². The molecule has 0 aliphatic heterocycles. The van der Waals surface area contributed by atoms with Crippen molar-refractivity contribution in [3.05, 3.63) is 72.3 Å². The smallest absolute Gasteiger partial charge is 0.408 e. The molecule has 7 heteroatoms. The Bertz CT molecular complexity index is 1020. The van der Waals surface area contributed by atoms with Gasteiger partial charge in [-0.3, -0.25) is 4.79 Å². The van der Waals surface area contributed by atoms with Gasteiger partial charge in [-0.15, -0.1) is 0 Å². The van der Waals surface area contributed by atoms with Crippen LogP contribution in [0.25, 0.3) is 6.08 Å². The molecule has 0 aliphatic carbocycles. The first-order chi connectivity index (χ1) is 14.0. The van der Waals surface area contributed by atoms with Crippen LogP contribution in [0.15, 0.2) is 70.4 Å². The summed E-state index contributed by atoms with van der Waals surface area (Å²) < 4.78 is 22.4. The Balaban J connectivity index is 2.31. The molecule has 6 nitrogen and oxygen atoms in total. The van der Waals surface area contributed by atoms with Gasteiger partial charge in [-0.25, -0.2) is 9.00 Å². The molecule has 0 heterocycles. The number of ether oxygens (including phenoxy) is 1. The molecular formula is C23H28N2O4S. The van der Waals surface area contributed by atoms with E-state index in [-0.39, 0.29) is 6.42 Å². The van der Waals surface area contributed by atoms with Crippen LogP contribution >= 0.6 is 0 Å². The Morgan fingerprint density at radius 1 is 1.13 bits per heavy atom. The summed E-state index contributed by atoms with van der Waals surface area (Å²) in [5.74, 6) is -0.676. The van der Waals surface area contributed by atoms with Gasteiger partial charge in [0.05, 0.1) is 9.73 Å². The zero-order valence-electron chi connectivity index (χ0n) is 17.8. The molecule has 0 radical (unpaired) electrons. The van der Waals surface area contributed by atoms with Crippen molar-refractivity contribution in [2.75, 3.05) is 6.26 Å². The minimum absolute atomic E-state index is 0.202. The standard InChI is InChI=1S/C23H28N2O4S/c1-6-17-12-14-19(15-13-17)30(5,28)25-21(26)20(16-18-10-8-7-9-11-18)24-22(27)29-23(2,3)4/h6-15,20H,1,16H2,2-5H3,(H,24,27)/t20-,30?/m0/s1. The van der Waals surface area contributed by atoms with Gasteiger partial charge in [0.25, 0.3) is 5.91 Å². The Morgan fingerprint density at radius 3 is 2.27 bits per heavy atom. The van der Waals surface area contributed by atoms with Gasteiger partial charge in [0, 0.05) is 17.6 Å². The Kier molecular flexibility index (Phi) is 7.56. The molecule has 2 rings (SSSR count). The highest BCUT2D eigenvalue weighted by Gasteiger charge is 2.25. The molecule has 2 atom stereocenters. The third kappa shape index (κ3) is 7.15. The molecule has 2 amide bonds. The first-order valence-electron chi connectivity index (χ1n) is 9.52. The summed E-state index contributed by atoms with van der Waals surface area (Å²) in [6, 6.07) is 15.0. The zero-order valence-corrected chi connectivity index (χ0v) is 18.6. The topological polar surface area (TPSA) is 84.8 Å². The zero-order chi connectivity index (χ0) is 22.4. The second kappa shape index (κ2) is 9.71. The van der Waals surface area contributed by atoms with Gasteiger partial charge < -0.3 is 10.1 Å². The average Bonchev–Trinajstić information content (AvgIpc) is 2.66. The molecule has 0 aromatic heterocycles. The maximum absolute atomic E-state index is 13.1. The van der Waals surface area contributed by atoms with Crippen LogP contribution in [0.5, 0.6) is 0 Å². The number of carbonyl (C=O) groups is 2. The number of hydrogen-bond donors (Lipinski definition) is 1. The minimum Gasteiger partial charge on any atom is -0.444 e. The third-order valence-electron chi connectivity index (χ3n) is 4.09. The number of benzene rings is 2. The maximum atomic E-state index is 13.1. The fourth-order valence-corrected chi connectivity index (χ4v) is 3.86. The maximum Gasteiger partial charge on any atom is 0.408 e. The lowest BCUT2D eigenvalue weighted by molar-refractivity contribution is -0.119. The molecule has 0 fully saturated rings. The summed E-state index contributed by atoms with van der Waals surface area (Å²) in [7, 11) is -2.99. The Hall–Kier alpha value is -2.93. The van der Waals surface area contributed by atoms with Gasteiger partial charge >= 0.3 is 6.09 Å². The van der Waals surface area contributed by atoms with Crippen molar-refractivity contribution in [1.82, 2.24) is 5.32 Å². The van der Waals surface area contributed by atoms with Crippen LogP contribution < -0.4 is 5.32 Å². The third-order valence-corrected chi connectivity index (χ3v) is 5.76. The van der Waals surface area contributed by atoms with E-state index in [2.05, 4.69) is 16.3 Å². The van der Waals surface area contributed by atoms with Crippen molar-refractivity contribution < 1.29 is 18.5 Å². The summed E-state index contributed by atoms with van der Waals surface area (Å²) in [4.78, 5) is 25.6. The number of alkyl carbamates (subject to hydrolysis) is 1. The molecule has 0 saturated carbocycles. The second-order valence-corrected chi connectivity index (χ2v) is 10.2. The summed E-state index contributed by atoms with van der Waals surface area (Å²) in [5.41, 5.74) is 0.987. The second-order valence-electron chi connectivity index (χ2n) is 7.89. The normalized spacial score (nSPS) is 14.1. The molecule has 1 unspecified atom stereocenters. The van der Waals surface area contributed by atoms with Gasteiger partial charge in [-0.2, -0.15) is 4.36 Å². The van der Waals surface area contributed by atoms with Crippen LogP contribution in [0.4, 0.5) is 4.79 Å². The molecule has 0 spiro atoms. The van der Waals surface area contributed by atoms with Crippen molar-refractivity contribution in [2.24, 2.45) is 4.36 Å². The number of hydrogen-bond acceptors (Lipinski definition) is 4. The monoisotopic (exact) mass is 428 g/mol. The van der Waals surface area contributed by atoms with E-state index in [0.29, 0.717) is 4.90 Å². The number of amides is 2. The number of carbonyl (C=O) groups excluding carboxylic acids is 2. The average molecular weight is 429 g/mol. The SMILES string of the molecule is C=Cc1ccc(S(C)(=O)=NC(=O)[C@H](Cc2ccccc2)NC(=O)OC(C)(C)C)cc1. The van der Waals surface area contributed by atoms with Gasteiger partial charge in [0.15, 0.2) is 0 Å². The van der Waals surface area contributed by atoms with Crippen LogP contribution in [-0.4, -0.2) is 34.1 Å². The number of nitrogens with one attached hydrogen (secondary N) is 1. The van der Waals surface area contributed by atoms with E-state index < -0.39 is 33.4 Å². The molecule has 30 heavy (non-hydrogen) atoms. The van der Waals surface area contributed by atoms with Gasteiger partial charge in [0.1, 0.15) is 11.6 Å². The van der Waals surface area contributed by atoms with Gasteiger partial charge in [-0.05, 0) is 44.0 Å². The number of rotatable bonds is 6. The molecular weight excluding hydrogens is 400 g/mol. The lowest BCUT2D eigenvalue weighted by Crippen LogP contribution is -2.44. The lowest BCUT2D eigenvalue weighted by atomic mass is 10.1. The highest BCUT2D eigenvalue weighted by atomic mass is 32.2.